The molecule has 2 N–H and O–H groups in total. The highest BCUT2D eigenvalue weighted by atomic mass is 16.5. The molecular weight excluding hydrogens is 210 g/mol. The molecule has 17 heavy (non-hydrogen) atoms. The van der Waals surface area contributed by atoms with Gasteiger partial charge in [0.1, 0.15) is 12.4 Å². The molecule has 1 rings (SSSR count). The van der Waals surface area contributed by atoms with Gasteiger partial charge in [-0.05, 0) is 50.8 Å². The van der Waals surface area contributed by atoms with E-state index in [2.05, 4.69) is 26.0 Å². The number of allylic oxidation sites excluding steroid dienone is 1. The predicted molar refractivity (Wildman–Crippen MR) is 73.6 cm³/mol. The van der Waals surface area contributed by atoms with Crippen molar-refractivity contribution in [2.75, 3.05) is 6.61 Å². The molecule has 0 aromatic heterocycles. The van der Waals surface area contributed by atoms with E-state index in [1.165, 1.54) is 16.7 Å². The van der Waals surface area contributed by atoms with Crippen molar-refractivity contribution in [1.82, 2.24) is 0 Å². The third-order valence-corrected chi connectivity index (χ3v) is 2.64. The summed E-state index contributed by atoms with van der Waals surface area (Å²) in [5, 5.41) is 0. The van der Waals surface area contributed by atoms with E-state index in [9.17, 15) is 0 Å². The van der Waals surface area contributed by atoms with E-state index in [4.69, 9.17) is 10.5 Å². The van der Waals surface area contributed by atoms with Crippen molar-refractivity contribution < 1.29 is 4.74 Å². The molecule has 0 aliphatic heterocycles. The van der Waals surface area contributed by atoms with Gasteiger partial charge in [-0.15, -0.1) is 0 Å². The number of rotatable bonds is 5. The van der Waals surface area contributed by atoms with Crippen molar-refractivity contribution in [3.8, 4) is 5.75 Å². The molecule has 0 aliphatic rings. The van der Waals surface area contributed by atoms with E-state index in [0.29, 0.717) is 6.61 Å². The van der Waals surface area contributed by atoms with E-state index in [-0.39, 0.29) is 6.04 Å². The first-order valence-electron chi connectivity index (χ1n) is 6.14. The summed E-state index contributed by atoms with van der Waals surface area (Å²) in [6.07, 6.45) is 4.92. The molecule has 94 valence electrons. The van der Waals surface area contributed by atoms with Gasteiger partial charge in [-0.2, -0.15) is 0 Å². The van der Waals surface area contributed by atoms with E-state index < -0.39 is 0 Å². The zero-order valence-corrected chi connectivity index (χ0v) is 11.3. The fourth-order valence-corrected chi connectivity index (χ4v) is 1.98. The van der Waals surface area contributed by atoms with Gasteiger partial charge in [-0.25, -0.2) is 0 Å². The van der Waals surface area contributed by atoms with Gasteiger partial charge >= 0.3 is 0 Å². The van der Waals surface area contributed by atoms with Crippen molar-refractivity contribution in [2.45, 2.75) is 40.2 Å². The lowest BCUT2D eigenvalue weighted by molar-refractivity contribution is 0.357. The summed E-state index contributed by atoms with van der Waals surface area (Å²) in [6.45, 7) is 8.83. The summed E-state index contributed by atoms with van der Waals surface area (Å²) in [4.78, 5) is 0. The number of ether oxygens (including phenoxy) is 1. The number of hydrogen-bond donors (Lipinski definition) is 1. The Bertz CT molecular complexity index is 371. The Morgan fingerprint density at radius 2 is 1.88 bits per heavy atom. The largest absolute Gasteiger partial charge is 0.489 e. The summed E-state index contributed by atoms with van der Waals surface area (Å²) in [5.74, 6) is 0.997. The number of hydrogen-bond acceptors (Lipinski definition) is 2. The minimum atomic E-state index is 0.198. The van der Waals surface area contributed by atoms with Crippen LogP contribution in [0.2, 0.25) is 0 Å². The fraction of sp³-hybridized carbons (Fsp3) is 0.467. The molecule has 0 saturated carbocycles. The summed E-state index contributed by atoms with van der Waals surface area (Å²) < 4.78 is 5.75. The van der Waals surface area contributed by atoms with Crippen LogP contribution >= 0.6 is 0 Å². The summed E-state index contributed by atoms with van der Waals surface area (Å²) >= 11 is 0. The molecule has 1 atom stereocenters. The monoisotopic (exact) mass is 233 g/mol. The minimum Gasteiger partial charge on any atom is -0.489 e. The highest BCUT2D eigenvalue weighted by Gasteiger charge is 2.07. The molecule has 1 aromatic rings. The molecule has 0 saturated heterocycles. The maximum absolute atomic E-state index is 5.82. The quantitative estimate of drug-likeness (QED) is 0.793. The lowest BCUT2D eigenvalue weighted by Crippen LogP contribution is -2.18. The van der Waals surface area contributed by atoms with Crippen LogP contribution in [0.1, 0.15) is 30.5 Å². The molecule has 2 heteroatoms. The van der Waals surface area contributed by atoms with Crippen LogP contribution in [-0.2, 0) is 6.42 Å². The second-order valence-corrected chi connectivity index (χ2v) is 4.62. The average molecular weight is 233 g/mol. The van der Waals surface area contributed by atoms with Crippen LogP contribution in [0.4, 0.5) is 0 Å². The lowest BCUT2D eigenvalue weighted by atomic mass is 10.0. The first kappa shape index (κ1) is 13.8. The predicted octanol–water partition coefficient (Wildman–Crippen LogP) is 3.15. The van der Waals surface area contributed by atoms with Crippen molar-refractivity contribution >= 4 is 0 Å². The molecule has 0 radical (unpaired) electrons. The molecule has 0 heterocycles. The van der Waals surface area contributed by atoms with Crippen LogP contribution in [0.5, 0.6) is 5.75 Å². The third-order valence-electron chi connectivity index (χ3n) is 2.64. The first-order chi connectivity index (χ1) is 8.04. The smallest absolute Gasteiger partial charge is 0.125 e. The van der Waals surface area contributed by atoms with Gasteiger partial charge in [0.05, 0.1) is 0 Å². The van der Waals surface area contributed by atoms with Crippen molar-refractivity contribution in [3.63, 3.8) is 0 Å². The Balaban J connectivity index is 2.86. The van der Waals surface area contributed by atoms with Crippen LogP contribution in [0.3, 0.4) is 0 Å². The maximum atomic E-state index is 5.82. The first-order valence-corrected chi connectivity index (χ1v) is 6.14. The lowest BCUT2D eigenvalue weighted by Gasteiger charge is -2.14. The van der Waals surface area contributed by atoms with E-state index >= 15 is 0 Å². The molecule has 1 unspecified atom stereocenters. The van der Waals surface area contributed by atoms with E-state index in [1.54, 1.807) is 0 Å². The van der Waals surface area contributed by atoms with Gasteiger partial charge in [0.25, 0.3) is 0 Å². The van der Waals surface area contributed by atoms with Crippen LogP contribution in [0, 0.1) is 13.8 Å². The highest BCUT2D eigenvalue weighted by Crippen LogP contribution is 2.25. The second kappa shape index (κ2) is 6.45. The molecule has 0 fully saturated rings. The topological polar surface area (TPSA) is 35.2 Å². The Labute approximate surface area is 104 Å². The van der Waals surface area contributed by atoms with E-state index in [0.717, 1.165) is 12.2 Å². The van der Waals surface area contributed by atoms with Crippen molar-refractivity contribution in [2.24, 2.45) is 5.73 Å². The molecule has 1 aromatic carbocycles. The highest BCUT2D eigenvalue weighted by molar-refractivity contribution is 5.43. The van der Waals surface area contributed by atoms with Crippen molar-refractivity contribution in [3.05, 3.63) is 41.0 Å². The molecule has 2 nitrogen and oxygen atoms in total. The van der Waals surface area contributed by atoms with Crippen LogP contribution in [0.25, 0.3) is 0 Å². The fourth-order valence-electron chi connectivity index (χ4n) is 1.98. The zero-order valence-electron chi connectivity index (χ0n) is 11.3. The summed E-state index contributed by atoms with van der Waals surface area (Å²) in [7, 11) is 0. The Morgan fingerprint density at radius 1 is 1.29 bits per heavy atom. The van der Waals surface area contributed by atoms with Gasteiger partial charge in [0.15, 0.2) is 0 Å². The SMILES string of the molecule is C/C=C/COc1c(C)cc(CC(C)N)cc1C. The Hall–Kier alpha value is -1.28. The number of aryl methyl sites for hydroxylation is 2. The summed E-state index contributed by atoms with van der Waals surface area (Å²) in [6, 6.07) is 4.53. The summed E-state index contributed by atoms with van der Waals surface area (Å²) in [5.41, 5.74) is 9.48. The number of nitrogens with two attached hydrogens (primary N) is 1. The Morgan fingerprint density at radius 3 is 2.35 bits per heavy atom. The standard InChI is InChI=1S/C15H23NO/c1-5-6-7-17-15-11(2)8-14(9-12(15)3)10-13(4)16/h5-6,8-9,13H,7,10,16H2,1-4H3/b6-5+. The molecule has 0 aliphatic carbocycles. The number of benzene rings is 1. The van der Waals surface area contributed by atoms with Crippen LogP contribution < -0.4 is 10.5 Å². The average Bonchev–Trinajstić information content (AvgIpc) is 2.21. The van der Waals surface area contributed by atoms with Gasteiger partial charge in [0.2, 0.25) is 0 Å². The normalized spacial score (nSPS) is 13.0. The Kier molecular flexibility index (Phi) is 5.23. The molecule has 0 spiro atoms. The molecular formula is C15H23NO. The van der Waals surface area contributed by atoms with Gasteiger partial charge in [-0.1, -0.05) is 24.3 Å². The molecule has 0 amide bonds. The zero-order chi connectivity index (χ0) is 12.8. The third kappa shape index (κ3) is 4.23. The second-order valence-electron chi connectivity index (χ2n) is 4.62. The van der Waals surface area contributed by atoms with E-state index in [1.807, 2.05) is 26.0 Å². The van der Waals surface area contributed by atoms with Crippen molar-refractivity contribution in [1.29, 1.82) is 0 Å². The minimum absolute atomic E-state index is 0.198. The maximum Gasteiger partial charge on any atom is 0.125 e. The molecule has 0 bridgehead atoms. The van der Waals surface area contributed by atoms with Crippen LogP contribution in [0.15, 0.2) is 24.3 Å². The van der Waals surface area contributed by atoms with Gasteiger partial charge in [0, 0.05) is 6.04 Å². The van der Waals surface area contributed by atoms with Gasteiger partial charge < -0.3 is 10.5 Å². The van der Waals surface area contributed by atoms with Crippen LogP contribution in [-0.4, -0.2) is 12.6 Å². The van der Waals surface area contributed by atoms with Gasteiger partial charge in [-0.3, -0.25) is 0 Å².